The van der Waals surface area contributed by atoms with Crippen LogP contribution < -0.4 is 10.0 Å². The molecule has 0 aromatic heterocycles. The number of anilines is 1. The summed E-state index contributed by atoms with van der Waals surface area (Å²) in [5.74, 6) is -1.23. The number of rotatable bonds is 5. The molecule has 1 aliphatic rings. The van der Waals surface area contributed by atoms with E-state index in [-0.39, 0.29) is 5.69 Å². The average Bonchev–Trinajstić information content (AvgIpc) is 2.43. The van der Waals surface area contributed by atoms with E-state index in [0.29, 0.717) is 25.1 Å². The van der Waals surface area contributed by atoms with Crippen molar-refractivity contribution in [3.63, 3.8) is 0 Å². The fourth-order valence-corrected chi connectivity index (χ4v) is 3.68. The van der Waals surface area contributed by atoms with Gasteiger partial charge in [0.05, 0.1) is 5.69 Å². The minimum Gasteiger partial charge on any atom is -0.319 e. The van der Waals surface area contributed by atoms with Crippen LogP contribution in [0.3, 0.4) is 0 Å². The Morgan fingerprint density at radius 3 is 2.52 bits per heavy atom. The lowest BCUT2D eigenvalue weighted by Gasteiger charge is -2.31. The first-order valence-electron chi connectivity index (χ1n) is 6.80. The van der Waals surface area contributed by atoms with Gasteiger partial charge in [-0.2, -0.15) is 12.7 Å². The first kappa shape index (κ1) is 16.1. The number of benzene rings is 1. The number of hydrogen-bond donors (Lipinski definition) is 2. The lowest BCUT2D eigenvalue weighted by molar-refractivity contribution is 0.272. The Morgan fingerprint density at radius 2 is 1.95 bits per heavy atom. The highest BCUT2D eigenvalue weighted by molar-refractivity contribution is 7.90. The van der Waals surface area contributed by atoms with Crippen LogP contribution in [0, 0.1) is 17.6 Å². The first-order chi connectivity index (χ1) is 9.92. The summed E-state index contributed by atoms with van der Waals surface area (Å²) in [6.45, 7) is 1.64. The van der Waals surface area contributed by atoms with Crippen molar-refractivity contribution >= 4 is 15.9 Å². The molecule has 118 valence electrons. The van der Waals surface area contributed by atoms with Gasteiger partial charge in [-0.15, -0.1) is 0 Å². The third-order valence-electron chi connectivity index (χ3n) is 3.58. The SMILES string of the molecule is CNCC1CCN(S(=O)(=O)Nc2ccc(F)cc2F)CC1. The van der Waals surface area contributed by atoms with Gasteiger partial charge in [-0.25, -0.2) is 8.78 Å². The highest BCUT2D eigenvalue weighted by Crippen LogP contribution is 2.22. The molecule has 1 saturated heterocycles. The predicted molar refractivity (Wildman–Crippen MR) is 77.1 cm³/mol. The molecule has 5 nitrogen and oxygen atoms in total. The van der Waals surface area contributed by atoms with E-state index in [4.69, 9.17) is 0 Å². The molecule has 0 amide bonds. The van der Waals surface area contributed by atoms with Crippen molar-refractivity contribution in [2.75, 3.05) is 31.4 Å². The Balaban J connectivity index is 2.02. The Kier molecular flexibility index (Phi) is 5.13. The Hall–Kier alpha value is -1.25. The molecule has 1 fully saturated rings. The summed E-state index contributed by atoms with van der Waals surface area (Å²) in [5.41, 5.74) is -0.242. The average molecular weight is 319 g/mol. The van der Waals surface area contributed by atoms with Crippen LogP contribution >= 0.6 is 0 Å². The van der Waals surface area contributed by atoms with E-state index in [9.17, 15) is 17.2 Å². The summed E-state index contributed by atoms with van der Waals surface area (Å²) < 4.78 is 54.2. The lowest BCUT2D eigenvalue weighted by atomic mass is 9.98. The molecule has 0 bridgehead atoms. The zero-order valence-corrected chi connectivity index (χ0v) is 12.6. The van der Waals surface area contributed by atoms with E-state index in [1.54, 1.807) is 0 Å². The molecule has 0 unspecified atom stereocenters. The van der Waals surface area contributed by atoms with E-state index in [1.165, 1.54) is 4.31 Å². The summed E-state index contributed by atoms with van der Waals surface area (Å²) in [5, 5.41) is 3.07. The van der Waals surface area contributed by atoms with Gasteiger partial charge in [0.25, 0.3) is 0 Å². The van der Waals surface area contributed by atoms with E-state index < -0.39 is 21.8 Å². The molecule has 1 aliphatic heterocycles. The van der Waals surface area contributed by atoms with Gasteiger partial charge in [-0.3, -0.25) is 4.72 Å². The second-order valence-corrected chi connectivity index (χ2v) is 6.80. The largest absolute Gasteiger partial charge is 0.319 e. The lowest BCUT2D eigenvalue weighted by Crippen LogP contribution is -2.43. The zero-order chi connectivity index (χ0) is 15.5. The summed E-state index contributed by atoms with van der Waals surface area (Å²) in [6.07, 6.45) is 1.52. The number of nitrogens with one attached hydrogen (secondary N) is 2. The van der Waals surface area contributed by atoms with Gasteiger partial charge < -0.3 is 5.32 Å². The van der Waals surface area contributed by atoms with Crippen LogP contribution in [0.4, 0.5) is 14.5 Å². The van der Waals surface area contributed by atoms with Crippen molar-refractivity contribution < 1.29 is 17.2 Å². The Labute approximate surface area is 123 Å². The van der Waals surface area contributed by atoms with Crippen molar-refractivity contribution in [1.82, 2.24) is 9.62 Å². The molecule has 8 heteroatoms. The fourth-order valence-electron chi connectivity index (χ4n) is 2.42. The van der Waals surface area contributed by atoms with Crippen LogP contribution in [-0.4, -0.2) is 39.4 Å². The van der Waals surface area contributed by atoms with Crippen molar-refractivity contribution in [2.45, 2.75) is 12.8 Å². The molecule has 0 spiro atoms. The van der Waals surface area contributed by atoms with E-state index >= 15 is 0 Å². The van der Waals surface area contributed by atoms with Crippen LogP contribution in [0.25, 0.3) is 0 Å². The molecule has 0 atom stereocenters. The van der Waals surface area contributed by atoms with E-state index in [0.717, 1.165) is 31.5 Å². The Bertz CT molecular complexity index is 587. The summed E-state index contributed by atoms with van der Waals surface area (Å²) >= 11 is 0. The second kappa shape index (κ2) is 6.67. The van der Waals surface area contributed by atoms with Crippen LogP contribution in [0.5, 0.6) is 0 Å². The van der Waals surface area contributed by atoms with Crippen molar-refractivity contribution in [3.05, 3.63) is 29.8 Å². The minimum absolute atomic E-state index is 0.242. The molecule has 0 aliphatic carbocycles. The molecule has 0 radical (unpaired) electrons. The standard InChI is InChI=1S/C13H19F2N3O2S/c1-16-9-10-4-6-18(7-5-10)21(19,20)17-13-3-2-11(14)8-12(13)15/h2-3,8,10,16-17H,4-7,9H2,1H3. The van der Waals surface area contributed by atoms with Crippen LogP contribution in [0.2, 0.25) is 0 Å². The van der Waals surface area contributed by atoms with E-state index in [1.807, 2.05) is 7.05 Å². The molecular formula is C13H19F2N3O2S. The van der Waals surface area contributed by atoms with Crippen LogP contribution in [0.1, 0.15) is 12.8 Å². The fraction of sp³-hybridized carbons (Fsp3) is 0.538. The maximum Gasteiger partial charge on any atom is 0.301 e. The van der Waals surface area contributed by atoms with Crippen LogP contribution in [-0.2, 0) is 10.2 Å². The monoisotopic (exact) mass is 319 g/mol. The van der Waals surface area contributed by atoms with Gasteiger partial charge in [0.15, 0.2) is 0 Å². The van der Waals surface area contributed by atoms with Gasteiger partial charge in [0, 0.05) is 19.2 Å². The number of hydrogen-bond acceptors (Lipinski definition) is 3. The van der Waals surface area contributed by atoms with Gasteiger partial charge in [-0.05, 0) is 44.5 Å². The summed E-state index contributed by atoms with van der Waals surface area (Å²) in [7, 11) is -1.95. The first-order valence-corrected chi connectivity index (χ1v) is 8.24. The number of halogens is 2. The third-order valence-corrected chi connectivity index (χ3v) is 5.10. The van der Waals surface area contributed by atoms with Crippen molar-refractivity contribution in [2.24, 2.45) is 5.92 Å². The predicted octanol–water partition coefficient (Wildman–Crippen LogP) is 1.55. The number of nitrogens with zero attached hydrogens (tertiary/aromatic N) is 1. The summed E-state index contributed by atoms with van der Waals surface area (Å²) in [6, 6.07) is 2.74. The smallest absolute Gasteiger partial charge is 0.301 e. The summed E-state index contributed by atoms with van der Waals surface area (Å²) in [4.78, 5) is 0. The topological polar surface area (TPSA) is 61.4 Å². The zero-order valence-electron chi connectivity index (χ0n) is 11.8. The van der Waals surface area contributed by atoms with Gasteiger partial charge in [0.2, 0.25) is 0 Å². The van der Waals surface area contributed by atoms with Gasteiger partial charge in [0.1, 0.15) is 11.6 Å². The van der Waals surface area contributed by atoms with E-state index in [2.05, 4.69) is 10.0 Å². The normalized spacial score (nSPS) is 17.9. The molecule has 21 heavy (non-hydrogen) atoms. The number of piperidine rings is 1. The van der Waals surface area contributed by atoms with Gasteiger partial charge >= 0.3 is 10.2 Å². The molecule has 0 saturated carbocycles. The third kappa shape index (κ3) is 4.12. The molecule has 2 rings (SSSR count). The Morgan fingerprint density at radius 1 is 1.29 bits per heavy atom. The molecule has 1 aromatic carbocycles. The maximum atomic E-state index is 13.5. The van der Waals surface area contributed by atoms with Crippen LogP contribution in [0.15, 0.2) is 18.2 Å². The second-order valence-electron chi connectivity index (χ2n) is 5.13. The minimum atomic E-state index is -3.81. The highest BCUT2D eigenvalue weighted by atomic mass is 32.2. The van der Waals surface area contributed by atoms with Crippen molar-refractivity contribution in [3.8, 4) is 0 Å². The maximum absolute atomic E-state index is 13.5. The van der Waals surface area contributed by atoms with Crippen molar-refractivity contribution in [1.29, 1.82) is 0 Å². The highest BCUT2D eigenvalue weighted by Gasteiger charge is 2.28. The molecule has 1 aromatic rings. The molecule has 2 N–H and O–H groups in total. The molecule has 1 heterocycles. The molecular weight excluding hydrogens is 300 g/mol. The van der Waals surface area contributed by atoms with Gasteiger partial charge in [-0.1, -0.05) is 0 Å². The quantitative estimate of drug-likeness (QED) is 0.866.